The fraction of sp³-hybridized carbons (Fsp3) is 0.500. The van der Waals surface area contributed by atoms with E-state index in [1.54, 1.807) is 0 Å². The van der Waals surface area contributed by atoms with E-state index in [4.69, 9.17) is 11.6 Å². The normalized spacial score (nSPS) is 16.9. The molecular weight excluding hydrogens is 274 g/mol. The van der Waals surface area contributed by atoms with Crippen molar-refractivity contribution in [2.45, 2.75) is 45.2 Å². The summed E-state index contributed by atoms with van der Waals surface area (Å²) >= 11 is 8.29. The monoisotopic (exact) mass is 293 g/mol. The standard InChI is InChI=1S/C16H20ClNS/c1-2-12(9-11-7-8-11)18-10-15-16(17)13-5-3-4-6-14(13)19-15/h3-6,11-12,18H,2,7-10H2,1H3. The Morgan fingerprint density at radius 1 is 1.37 bits per heavy atom. The molecule has 102 valence electrons. The van der Waals surface area contributed by atoms with Gasteiger partial charge in [-0.1, -0.05) is 49.6 Å². The summed E-state index contributed by atoms with van der Waals surface area (Å²) in [6.07, 6.45) is 5.40. The summed E-state index contributed by atoms with van der Waals surface area (Å²) in [4.78, 5) is 1.28. The Morgan fingerprint density at radius 2 is 2.16 bits per heavy atom. The molecule has 2 aromatic rings. The Bertz CT molecular complexity index is 559. The molecule has 1 unspecified atom stereocenters. The number of benzene rings is 1. The van der Waals surface area contributed by atoms with Crippen LogP contribution in [0, 0.1) is 5.92 Å². The maximum Gasteiger partial charge on any atom is 0.0636 e. The van der Waals surface area contributed by atoms with Crippen molar-refractivity contribution in [1.29, 1.82) is 0 Å². The fourth-order valence-electron chi connectivity index (χ4n) is 2.57. The number of halogens is 1. The largest absolute Gasteiger partial charge is 0.309 e. The molecule has 0 aliphatic heterocycles. The van der Waals surface area contributed by atoms with Crippen LogP contribution in [0.4, 0.5) is 0 Å². The molecule has 1 aliphatic rings. The van der Waals surface area contributed by atoms with Crippen LogP contribution >= 0.6 is 22.9 Å². The molecule has 0 spiro atoms. The van der Waals surface area contributed by atoms with Crippen LogP contribution in [0.25, 0.3) is 10.1 Å². The lowest BCUT2D eigenvalue weighted by atomic mass is 10.1. The summed E-state index contributed by atoms with van der Waals surface area (Å²) in [6, 6.07) is 9.04. The smallest absolute Gasteiger partial charge is 0.0636 e. The van der Waals surface area contributed by atoms with Gasteiger partial charge >= 0.3 is 0 Å². The molecular formula is C16H20ClNS. The minimum absolute atomic E-state index is 0.647. The number of hydrogen-bond acceptors (Lipinski definition) is 2. The first-order chi connectivity index (χ1) is 9.28. The summed E-state index contributed by atoms with van der Waals surface area (Å²) in [5.41, 5.74) is 0. The molecule has 1 aromatic heterocycles. The van der Waals surface area contributed by atoms with Gasteiger partial charge in [-0.25, -0.2) is 0 Å². The van der Waals surface area contributed by atoms with Gasteiger partial charge in [0.15, 0.2) is 0 Å². The molecule has 0 amide bonds. The average molecular weight is 294 g/mol. The highest BCUT2D eigenvalue weighted by Crippen LogP contribution is 2.36. The van der Waals surface area contributed by atoms with Gasteiger partial charge in [0.05, 0.1) is 5.02 Å². The Hall–Kier alpha value is -0.570. The van der Waals surface area contributed by atoms with E-state index in [9.17, 15) is 0 Å². The predicted molar refractivity (Wildman–Crippen MR) is 85.1 cm³/mol. The van der Waals surface area contributed by atoms with Crippen LogP contribution in [0.5, 0.6) is 0 Å². The molecule has 1 N–H and O–H groups in total. The molecule has 0 bridgehead atoms. The minimum atomic E-state index is 0.647. The summed E-state index contributed by atoms with van der Waals surface area (Å²) in [5.74, 6) is 0.982. The second kappa shape index (κ2) is 5.82. The van der Waals surface area contributed by atoms with Gasteiger partial charge in [0.2, 0.25) is 0 Å². The molecule has 0 saturated heterocycles. The number of nitrogens with one attached hydrogen (secondary N) is 1. The van der Waals surface area contributed by atoms with Crippen molar-refractivity contribution in [3.63, 3.8) is 0 Å². The molecule has 1 saturated carbocycles. The molecule has 3 rings (SSSR count). The van der Waals surface area contributed by atoms with Gasteiger partial charge in [0.25, 0.3) is 0 Å². The third-order valence-corrected chi connectivity index (χ3v) is 5.67. The highest BCUT2D eigenvalue weighted by molar-refractivity contribution is 7.19. The Balaban J connectivity index is 1.68. The molecule has 1 fully saturated rings. The lowest BCUT2D eigenvalue weighted by molar-refractivity contribution is 0.446. The highest BCUT2D eigenvalue weighted by atomic mass is 35.5. The molecule has 19 heavy (non-hydrogen) atoms. The number of rotatable bonds is 6. The maximum absolute atomic E-state index is 6.47. The average Bonchev–Trinajstić information content (AvgIpc) is 3.20. The van der Waals surface area contributed by atoms with E-state index < -0.39 is 0 Å². The van der Waals surface area contributed by atoms with Gasteiger partial charge in [0.1, 0.15) is 0 Å². The van der Waals surface area contributed by atoms with Crippen LogP contribution in [0.15, 0.2) is 24.3 Å². The fourth-order valence-corrected chi connectivity index (χ4v) is 4.02. The number of hydrogen-bond donors (Lipinski definition) is 1. The highest BCUT2D eigenvalue weighted by Gasteiger charge is 2.24. The zero-order valence-corrected chi connectivity index (χ0v) is 12.9. The van der Waals surface area contributed by atoms with Crippen LogP contribution in [-0.2, 0) is 6.54 Å². The van der Waals surface area contributed by atoms with E-state index in [0.29, 0.717) is 6.04 Å². The lowest BCUT2D eigenvalue weighted by Crippen LogP contribution is -2.28. The lowest BCUT2D eigenvalue weighted by Gasteiger charge is -2.16. The molecule has 1 heterocycles. The second-order valence-electron chi connectivity index (χ2n) is 5.50. The Labute approximate surface area is 124 Å². The predicted octanol–water partition coefficient (Wildman–Crippen LogP) is 5.22. The Morgan fingerprint density at radius 3 is 2.84 bits per heavy atom. The first-order valence-electron chi connectivity index (χ1n) is 7.17. The van der Waals surface area contributed by atoms with E-state index in [2.05, 4.69) is 36.5 Å². The van der Waals surface area contributed by atoms with Gasteiger partial charge in [0, 0.05) is 27.5 Å². The van der Waals surface area contributed by atoms with Crippen molar-refractivity contribution in [3.05, 3.63) is 34.2 Å². The SMILES string of the molecule is CCC(CC1CC1)NCc1sc2ccccc2c1Cl. The van der Waals surface area contributed by atoms with E-state index in [0.717, 1.165) is 17.5 Å². The summed E-state index contributed by atoms with van der Waals surface area (Å²) < 4.78 is 1.29. The second-order valence-corrected chi connectivity index (χ2v) is 7.02. The maximum atomic E-state index is 6.47. The molecule has 3 heteroatoms. The van der Waals surface area contributed by atoms with Crippen molar-refractivity contribution in [2.24, 2.45) is 5.92 Å². The Kier molecular flexibility index (Phi) is 4.11. The van der Waals surface area contributed by atoms with Gasteiger partial charge in [-0.2, -0.15) is 0 Å². The first-order valence-corrected chi connectivity index (χ1v) is 8.36. The van der Waals surface area contributed by atoms with Gasteiger partial charge in [-0.15, -0.1) is 11.3 Å². The first kappa shape index (κ1) is 13.4. The molecule has 1 aliphatic carbocycles. The zero-order valence-electron chi connectivity index (χ0n) is 11.3. The van der Waals surface area contributed by atoms with Crippen molar-refractivity contribution < 1.29 is 0 Å². The topological polar surface area (TPSA) is 12.0 Å². The summed E-state index contributed by atoms with van der Waals surface area (Å²) in [5, 5.41) is 5.82. The number of fused-ring (bicyclic) bond motifs is 1. The number of thiophene rings is 1. The van der Waals surface area contributed by atoms with Crippen molar-refractivity contribution in [1.82, 2.24) is 5.32 Å². The van der Waals surface area contributed by atoms with Crippen molar-refractivity contribution in [3.8, 4) is 0 Å². The van der Waals surface area contributed by atoms with E-state index >= 15 is 0 Å². The summed E-state index contributed by atoms with van der Waals surface area (Å²) in [7, 11) is 0. The van der Waals surface area contributed by atoms with Crippen LogP contribution in [0.2, 0.25) is 5.02 Å². The zero-order chi connectivity index (χ0) is 13.2. The third kappa shape index (κ3) is 3.13. The quantitative estimate of drug-likeness (QED) is 0.769. The molecule has 1 aromatic carbocycles. The molecule has 1 nitrogen and oxygen atoms in total. The van der Waals surface area contributed by atoms with Crippen molar-refractivity contribution >= 4 is 33.0 Å². The van der Waals surface area contributed by atoms with E-state index in [1.807, 2.05) is 11.3 Å². The molecule has 0 radical (unpaired) electrons. The third-order valence-electron chi connectivity index (χ3n) is 3.96. The van der Waals surface area contributed by atoms with Gasteiger partial charge in [-0.05, 0) is 24.8 Å². The van der Waals surface area contributed by atoms with Crippen LogP contribution in [-0.4, -0.2) is 6.04 Å². The van der Waals surface area contributed by atoms with Crippen LogP contribution < -0.4 is 5.32 Å². The van der Waals surface area contributed by atoms with E-state index in [1.165, 1.54) is 40.6 Å². The van der Waals surface area contributed by atoms with Gasteiger partial charge in [-0.3, -0.25) is 0 Å². The summed E-state index contributed by atoms with van der Waals surface area (Å²) in [6.45, 7) is 3.18. The van der Waals surface area contributed by atoms with E-state index in [-0.39, 0.29) is 0 Å². The van der Waals surface area contributed by atoms with Gasteiger partial charge < -0.3 is 5.32 Å². The van der Waals surface area contributed by atoms with Crippen molar-refractivity contribution in [2.75, 3.05) is 0 Å². The van der Waals surface area contributed by atoms with Crippen LogP contribution in [0.3, 0.4) is 0 Å². The van der Waals surface area contributed by atoms with Crippen LogP contribution in [0.1, 0.15) is 37.5 Å². The molecule has 1 atom stereocenters. The minimum Gasteiger partial charge on any atom is -0.309 e.